The van der Waals surface area contributed by atoms with Crippen molar-refractivity contribution in [2.75, 3.05) is 19.0 Å². The molecule has 1 aliphatic rings. The van der Waals surface area contributed by atoms with Gasteiger partial charge in [0.2, 0.25) is 5.91 Å². The molecule has 1 amide bonds. The van der Waals surface area contributed by atoms with Crippen LogP contribution in [0.5, 0.6) is 11.5 Å². The molecule has 1 aliphatic heterocycles. The largest absolute Gasteiger partial charge is 0.493 e. The zero-order valence-electron chi connectivity index (χ0n) is 14.9. The standard InChI is InChI=1S/C22H21NO3/c1-3-26-19-11-9-15(12-20(19)25-2)17-13-21(24)23-18-10-8-14-6-4-5-7-16(14)22(17)18/h4-12,17H,3,13H2,1-2H3,(H,23,24)/t17-/m0/s1. The molecule has 1 atom stereocenters. The van der Waals surface area contributed by atoms with E-state index in [0.717, 1.165) is 22.6 Å². The van der Waals surface area contributed by atoms with E-state index in [9.17, 15) is 4.79 Å². The Bertz CT molecular complexity index is 980. The minimum atomic E-state index is -0.0190. The van der Waals surface area contributed by atoms with Gasteiger partial charge in [-0.25, -0.2) is 0 Å². The molecule has 0 bridgehead atoms. The van der Waals surface area contributed by atoms with Crippen molar-refractivity contribution < 1.29 is 14.3 Å². The molecule has 132 valence electrons. The summed E-state index contributed by atoms with van der Waals surface area (Å²) in [7, 11) is 1.64. The van der Waals surface area contributed by atoms with E-state index in [2.05, 4.69) is 23.5 Å². The van der Waals surface area contributed by atoms with Crippen molar-refractivity contribution in [2.24, 2.45) is 0 Å². The van der Waals surface area contributed by atoms with Crippen LogP contribution in [0.25, 0.3) is 10.8 Å². The number of anilines is 1. The van der Waals surface area contributed by atoms with E-state index in [-0.39, 0.29) is 11.8 Å². The van der Waals surface area contributed by atoms with E-state index in [4.69, 9.17) is 9.47 Å². The third-order valence-electron chi connectivity index (χ3n) is 4.87. The molecular formula is C22H21NO3. The van der Waals surface area contributed by atoms with Gasteiger partial charge < -0.3 is 14.8 Å². The molecule has 4 rings (SSSR count). The van der Waals surface area contributed by atoms with E-state index in [1.807, 2.05) is 43.3 Å². The maximum atomic E-state index is 12.3. The van der Waals surface area contributed by atoms with Crippen molar-refractivity contribution in [3.8, 4) is 11.5 Å². The quantitative estimate of drug-likeness (QED) is 0.743. The zero-order chi connectivity index (χ0) is 18.1. The number of hydrogen-bond donors (Lipinski definition) is 1. The first kappa shape index (κ1) is 16.5. The molecule has 3 aromatic rings. The van der Waals surface area contributed by atoms with E-state index < -0.39 is 0 Å². The summed E-state index contributed by atoms with van der Waals surface area (Å²) in [5, 5.41) is 5.36. The molecule has 3 aromatic carbocycles. The smallest absolute Gasteiger partial charge is 0.225 e. The summed E-state index contributed by atoms with van der Waals surface area (Å²) in [6.45, 7) is 2.52. The highest BCUT2D eigenvalue weighted by molar-refractivity contribution is 6.01. The molecule has 0 aromatic heterocycles. The van der Waals surface area contributed by atoms with Crippen molar-refractivity contribution in [1.82, 2.24) is 0 Å². The second kappa shape index (κ2) is 6.71. The molecule has 0 saturated heterocycles. The average molecular weight is 347 g/mol. The molecule has 0 spiro atoms. The number of carbonyl (C=O) groups excluding carboxylic acids is 1. The lowest BCUT2D eigenvalue weighted by Gasteiger charge is -2.28. The van der Waals surface area contributed by atoms with Crippen molar-refractivity contribution in [3.05, 3.63) is 65.7 Å². The van der Waals surface area contributed by atoms with Crippen LogP contribution in [0.2, 0.25) is 0 Å². The SMILES string of the molecule is CCOc1ccc([C@@H]2CC(=O)Nc3ccc4ccccc4c32)cc1OC. The van der Waals surface area contributed by atoms with Gasteiger partial charge in [-0.05, 0) is 47.0 Å². The first-order valence-corrected chi connectivity index (χ1v) is 8.83. The number of benzene rings is 3. The highest BCUT2D eigenvalue weighted by atomic mass is 16.5. The first-order chi connectivity index (χ1) is 12.7. The third kappa shape index (κ3) is 2.77. The number of methoxy groups -OCH3 is 1. The summed E-state index contributed by atoms with van der Waals surface area (Å²) in [5.41, 5.74) is 3.10. The lowest BCUT2D eigenvalue weighted by Crippen LogP contribution is -2.23. The number of fused-ring (bicyclic) bond motifs is 3. The molecule has 1 N–H and O–H groups in total. The summed E-state index contributed by atoms with van der Waals surface area (Å²) in [4.78, 5) is 12.3. The third-order valence-corrected chi connectivity index (χ3v) is 4.87. The molecule has 0 aliphatic carbocycles. The summed E-state index contributed by atoms with van der Waals surface area (Å²) >= 11 is 0. The molecule has 0 unspecified atom stereocenters. The maximum Gasteiger partial charge on any atom is 0.225 e. The van der Waals surface area contributed by atoms with Gasteiger partial charge >= 0.3 is 0 Å². The van der Waals surface area contributed by atoms with E-state index in [0.29, 0.717) is 18.8 Å². The van der Waals surface area contributed by atoms with Crippen LogP contribution in [0.1, 0.15) is 30.4 Å². The van der Waals surface area contributed by atoms with Crippen LogP contribution in [-0.4, -0.2) is 19.6 Å². The Balaban J connectivity index is 1.88. The fourth-order valence-corrected chi connectivity index (χ4v) is 3.73. The van der Waals surface area contributed by atoms with E-state index in [1.165, 1.54) is 10.8 Å². The number of carbonyl (C=O) groups is 1. The normalized spacial score (nSPS) is 16.1. The predicted octanol–water partition coefficient (Wildman–Crippen LogP) is 4.72. The summed E-state index contributed by atoms with van der Waals surface area (Å²) in [5.74, 6) is 1.43. The van der Waals surface area contributed by atoms with E-state index in [1.54, 1.807) is 7.11 Å². The Kier molecular flexibility index (Phi) is 4.25. The Morgan fingerprint density at radius 3 is 2.73 bits per heavy atom. The number of rotatable bonds is 4. The van der Waals surface area contributed by atoms with Crippen LogP contribution >= 0.6 is 0 Å². The number of ether oxygens (including phenoxy) is 2. The fourth-order valence-electron chi connectivity index (χ4n) is 3.73. The van der Waals surface area contributed by atoms with Crippen LogP contribution in [0.3, 0.4) is 0 Å². The summed E-state index contributed by atoms with van der Waals surface area (Å²) in [6.07, 6.45) is 0.415. The van der Waals surface area contributed by atoms with Gasteiger partial charge in [0.05, 0.1) is 13.7 Å². The Labute approximate surface area is 152 Å². The summed E-state index contributed by atoms with van der Waals surface area (Å²) < 4.78 is 11.1. The fraction of sp³-hybridized carbons (Fsp3) is 0.227. The topological polar surface area (TPSA) is 47.6 Å². The van der Waals surface area contributed by atoms with Gasteiger partial charge in [-0.15, -0.1) is 0 Å². The predicted molar refractivity (Wildman–Crippen MR) is 103 cm³/mol. The van der Waals surface area contributed by atoms with Crippen LogP contribution in [-0.2, 0) is 4.79 Å². The van der Waals surface area contributed by atoms with Gasteiger partial charge in [0.15, 0.2) is 11.5 Å². The number of nitrogens with one attached hydrogen (secondary N) is 1. The van der Waals surface area contributed by atoms with Gasteiger partial charge in [-0.3, -0.25) is 4.79 Å². The molecule has 26 heavy (non-hydrogen) atoms. The van der Waals surface area contributed by atoms with Crippen molar-refractivity contribution in [1.29, 1.82) is 0 Å². The lowest BCUT2D eigenvalue weighted by atomic mass is 9.82. The Morgan fingerprint density at radius 1 is 1.08 bits per heavy atom. The number of amides is 1. The van der Waals surface area contributed by atoms with Crippen LogP contribution in [0, 0.1) is 0 Å². The molecule has 0 radical (unpaired) electrons. The van der Waals surface area contributed by atoms with Crippen LogP contribution in [0.15, 0.2) is 54.6 Å². The molecule has 0 saturated carbocycles. The van der Waals surface area contributed by atoms with E-state index >= 15 is 0 Å². The van der Waals surface area contributed by atoms with Crippen LogP contribution in [0.4, 0.5) is 5.69 Å². The lowest BCUT2D eigenvalue weighted by molar-refractivity contribution is -0.116. The van der Waals surface area contributed by atoms with Crippen molar-refractivity contribution in [3.63, 3.8) is 0 Å². The molecule has 0 fully saturated rings. The zero-order valence-corrected chi connectivity index (χ0v) is 14.9. The molecular weight excluding hydrogens is 326 g/mol. The van der Waals surface area contributed by atoms with Gasteiger partial charge in [0, 0.05) is 18.0 Å². The second-order valence-electron chi connectivity index (χ2n) is 6.40. The van der Waals surface area contributed by atoms with Gasteiger partial charge in [-0.2, -0.15) is 0 Å². The minimum Gasteiger partial charge on any atom is -0.493 e. The maximum absolute atomic E-state index is 12.3. The van der Waals surface area contributed by atoms with Gasteiger partial charge in [-0.1, -0.05) is 36.4 Å². The Morgan fingerprint density at radius 2 is 1.92 bits per heavy atom. The molecule has 4 heteroatoms. The second-order valence-corrected chi connectivity index (χ2v) is 6.40. The van der Waals surface area contributed by atoms with Crippen LogP contribution < -0.4 is 14.8 Å². The monoisotopic (exact) mass is 347 g/mol. The average Bonchev–Trinajstić information content (AvgIpc) is 2.67. The summed E-state index contributed by atoms with van der Waals surface area (Å²) in [6, 6.07) is 18.3. The first-order valence-electron chi connectivity index (χ1n) is 8.83. The highest BCUT2D eigenvalue weighted by Crippen LogP contribution is 2.43. The highest BCUT2D eigenvalue weighted by Gasteiger charge is 2.28. The van der Waals surface area contributed by atoms with Gasteiger partial charge in [0.1, 0.15) is 0 Å². The number of hydrogen-bond acceptors (Lipinski definition) is 3. The van der Waals surface area contributed by atoms with Crippen molar-refractivity contribution in [2.45, 2.75) is 19.3 Å². The van der Waals surface area contributed by atoms with Gasteiger partial charge in [0.25, 0.3) is 0 Å². The molecule has 1 heterocycles. The Hall–Kier alpha value is -3.01. The van der Waals surface area contributed by atoms with Crippen molar-refractivity contribution >= 4 is 22.4 Å². The molecule has 4 nitrogen and oxygen atoms in total. The minimum absolute atomic E-state index is 0.0190.